The second kappa shape index (κ2) is 8.43. The molecule has 1 N–H and O–H groups in total. The summed E-state index contributed by atoms with van der Waals surface area (Å²) in [6.45, 7) is 2.85. The molecular weight excluding hydrogens is 399 g/mol. The minimum atomic E-state index is -0.762. The van der Waals surface area contributed by atoms with E-state index in [0.29, 0.717) is 30.0 Å². The average molecular weight is 420 g/mol. The Kier molecular flexibility index (Phi) is 5.53. The summed E-state index contributed by atoms with van der Waals surface area (Å²) in [5, 5.41) is 7.27. The summed E-state index contributed by atoms with van der Waals surface area (Å²) in [5.74, 6) is -0.826. The highest BCUT2D eigenvalue weighted by atomic mass is 19.1. The number of aromatic nitrogens is 3. The summed E-state index contributed by atoms with van der Waals surface area (Å²) in [6, 6.07) is 13.2. The maximum Gasteiger partial charge on any atom is 0.297 e. The summed E-state index contributed by atoms with van der Waals surface area (Å²) in [7, 11) is 1.51. The molecule has 158 valence electrons. The molecule has 2 aromatic heterocycles. The first-order valence-electron chi connectivity index (χ1n) is 9.79. The molecule has 2 aromatic carbocycles. The lowest BCUT2D eigenvalue weighted by Crippen LogP contribution is -2.24. The Labute approximate surface area is 178 Å². The van der Waals surface area contributed by atoms with Gasteiger partial charge in [-0.05, 0) is 36.8 Å². The quantitative estimate of drug-likeness (QED) is 0.364. The fourth-order valence-corrected chi connectivity index (χ4v) is 3.57. The van der Waals surface area contributed by atoms with Gasteiger partial charge in [-0.2, -0.15) is 5.10 Å². The van der Waals surface area contributed by atoms with E-state index < -0.39 is 11.7 Å². The van der Waals surface area contributed by atoms with Crippen LogP contribution in [0.2, 0.25) is 0 Å². The molecule has 31 heavy (non-hydrogen) atoms. The molecule has 0 aliphatic heterocycles. The molecule has 1 amide bonds. The van der Waals surface area contributed by atoms with Gasteiger partial charge in [0.15, 0.2) is 0 Å². The number of Topliss-reactive ketones (excluding diaryl/α,β-unsaturated/α-hetero) is 1. The largest absolute Gasteiger partial charge is 0.496 e. The van der Waals surface area contributed by atoms with Crippen LogP contribution in [0.25, 0.3) is 10.9 Å². The van der Waals surface area contributed by atoms with Crippen LogP contribution in [0.3, 0.4) is 0 Å². The van der Waals surface area contributed by atoms with Crippen molar-refractivity contribution in [2.75, 3.05) is 12.4 Å². The summed E-state index contributed by atoms with van der Waals surface area (Å²) in [6.07, 6.45) is 3.19. The third kappa shape index (κ3) is 3.92. The SMILES string of the molecule is CCn1nccc1NC(=O)C(=O)c1cn(Cc2ccc(F)cc2)c2cccc(OC)c12. The molecule has 0 unspecified atom stereocenters. The van der Waals surface area contributed by atoms with Crippen LogP contribution in [0.5, 0.6) is 5.75 Å². The molecule has 0 saturated carbocycles. The molecule has 4 aromatic rings. The first-order valence-corrected chi connectivity index (χ1v) is 9.79. The van der Waals surface area contributed by atoms with Crippen LogP contribution < -0.4 is 10.1 Å². The summed E-state index contributed by atoms with van der Waals surface area (Å²) >= 11 is 0. The van der Waals surface area contributed by atoms with Crippen molar-refractivity contribution in [2.24, 2.45) is 0 Å². The number of rotatable bonds is 7. The third-order valence-electron chi connectivity index (χ3n) is 5.06. The van der Waals surface area contributed by atoms with Gasteiger partial charge in [-0.1, -0.05) is 18.2 Å². The van der Waals surface area contributed by atoms with E-state index in [-0.39, 0.29) is 11.4 Å². The van der Waals surface area contributed by atoms with Gasteiger partial charge < -0.3 is 14.6 Å². The molecule has 0 bridgehead atoms. The second-order valence-corrected chi connectivity index (χ2v) is 6.97. The maximum atomic E-state index is 13.3. The van der Waals surface area contributed by atoms with Crippen molar-refractivity contribution < 1.29 is 18.7 Å². The molecule has 0 saturated heterocycles. The van der Waals surface area contributed by atoms with Gasteiger partial charge >= 0.3 is 0 Å². The van der Waals surface area contributed by atoms with Gasteiger partial charge in [0.2, 0.25) is 0 Å². The average Bonchev–Trinajstić information content (AvgIpc) is 3.39. The Bertz CT molecular complexity index is 1260. The molecule has 8 heteroatoms. The van der Waals surface area contributed by atoms with Crippen molar-refractivity contribution in [3.8, 4) is 5.75 Å². The predicted molar refractivity (Wildman–Crippen MR) is 115 cm³/mol. The smallest absolute Gasteiger partial charge is 0.297 e. The molecule has 0 atom stereocenters. The molecule has 0 radical (unpaired) electrons. The van der Waals surface area contributed by atoms with Gasteiger partial charge in [-0.25, -0.2) is 9.07 Å². The van der Waals surface area contributed by atoms with Gasteiger partial charge in [0, 0.05) is 25.4 Å². The highest BCUT2D eigenvalue weighted by Gasteiger charge is 2.24. The lowest BCUT2D eigenvalue weighted by molar-refractivity contribution is -0.112. The van der Waals surface area contributed by atoms with Gasteiger partial charge in [0.1, 0.15) is 17.4 Å². The molecule has 0 spiro atoms. The van der Waals surface area contributed by atoms with Crippen LogP contribution in [-0.2, 0) is 17.9 Å². The molecule has 7 nitrogen and oxygen atoms in total. The number of ether oxygens (including phenoxy) is 1. The molecule has 0 aliphatic carbocycles. The molecule has 2 heterocycles. The number of benzene rings is 2. The van der Waals surface area contributed by atoms with Gasteiger partial charge in [0.25, 0.3) is 11.7 Å². The maximum absolute atomic E-state index is 13.3. The number of ketones is 1. The fourth-order valence-electron chi connectivity index (χ4n) is 3.57. The predicted octanol–water partition coefficient (Wildman–Crippen LogP) is 3.88. The summed E-state index contributed by atoms with van der Waals surface area (Å²) in [5.41, 5.74) is 1.82. The highest BCUT2D eigenvalue weighted by molar-refractivity contribution is 6.48. The van der Waals surface area contributed by atoms with Crippen molar-refractivity contribution in [2.45, 2.75) is 20.0 Å². The van der Waals surface area contributed by atoms with Crippen LogP contribution in [0, 0.1) is 5.82 Å². The monoisotopic (exact) mass is 420 g/mol. The first-order chi connectivity index (χ1) is 15.0. The van der Waals surface area contributed by atoms with E-state index in [1.165, 1.54) is 19.2 Å². The number of nitrogens with one attached hydrogen (secondary N) is 1. The standard InChI is InChI=1S/C23H21FN4O3/c1-3-28-20(11-12-25-28)26-23(30)22(29)17-14-27(13-15-7-9-16(24)10-8-15)18-5-4-6-19(31-2)21(17)18/h4-12,14H,3,13H2,1-2H3,(H,26,30). The number of anilines is 1. The van der Waals surface area contributed by atoms with Gasteiger partial charge in [0.05, 0.1) is 29.8 Å². The Morgan fingerprint density at radius 2 is 1.90 bits per heavy atom. The topological polar surface area (TPSA) is 78.2 Å². The molecular formula is C23H21FN4O3. The van der Waals surface area contributed by atoms with E-state index in [0.717, 1.165) is 11.1 Å². The zero-order valence-corrected chi connectivity index (χ0v) is 17.1. The van der Waals surface area contributed by atoms with Gasteiger partial charge in [-0.15, -0.1) is 0 Å². The zero-order valence-electron chi connectivity index (χ0n) is 17.1. The van der Waals surface area contributed by atoms with E-state index >= 15 is 0 Å². The third-order valence-corrected chi connectivity index (χ3v) is 5.06. The van der Waals surface area contributed by atoms with E-state index in [1.807, 2.05) is 23.6 Å². The number of halogens is 1. The number of carbonyl (C=O) groups is 2. The first kappa shape index (κ1) is 20.3. The lowest BCUT2D eigenvalue weighted by atomic mass is 10.1. The van der Waals surface area contributed by atoms with Crippen molar-refractivity contribution in [3.63, 3.8) is 0 Å². The second-order valence-electron chi connectivity index (χ2n) is 6.97. The Morgan fingerprint density at radius 3 is 2.61 bits per heavy atom. The summed E-state index contributed by atoms with van der Waals surface area (Å²) < 4.78 is 22.2. The molecule has 0 aliphatic rings. The van der Waals surface area contributed by atoms with Crippen LogP contribution in [0.4, 0.5) is 10.2 Å². The minimum absolute atomic E-state index is 0.231. The number of aryl methyl sites for hydroxylation is 1. The summed E-state index contributed by atoms with van der Waals surface area (Å²) in [4.78, 5) is 25.8. The minimum Gasteiger partial charge on any atom is -0.496 e. The normalized spacial score (nSPS) is 10.9. The number of methoxy groups -OCH3 is 1. The van der Waals surface area contributed by atoms with Crippen LogP contribution in [0.15, 0.2) is 60.9 Å². The number of amides is 1. The number of nitrogens with zero attached hydrogens (tertiary/aromatic N) is 3. The molecule has 0 fully saturated rings. The lowest BCUT2D eigenvalue weighted by Gasteiger charge is -2.07. The molecule has 4 rings (SSSR count). The van der Waals surface area contributed by atoms with Crippen molar-refractivity contribution in [1.29, 1.82) is 0 Å². The van der Waals surface area contributed by atoms with Crippen molar-refractivity contribution in [1.82, 2.24) is 14.3 Å². The zero-order chi connectivity index (χ0) is 22.0. The van der Waals surface area contributed by atoms with E-state index in [4.69, 9.17) is 4.74 Å². The van der Waals surface area contributed by atoms with Crippen LogP contribution in [0.1, 0.15) is 22.8 Å². The Balaban J connectivity index is 1.73. The van der Waals surface area contributed by atoms with E-state index in [1.54, 1.807) is 41.3 Å². The van der Waals surface area contributed by atoms with E-state index in [2.05, 4.69) is 10.4 Å². The fraction of sp³-hybridized carbons (Fsp3) is 0.174. The number of hydrogen-bond donors (Lipinski definition) is 1. The highest BCUT2D eigenvalue weighted by Crippen LogP contribution is 2.31. The van der Waals surface area contributed by atoms with E-state index in [9.17, 15) is 14.0 Å². The van der Waals surface area contributed by atoms with Crippen molar-refractivity contribution >= 4 is 28.4 Å². The van der Waals surface area contributed by atoms with Crippen LogP contribution in [-0.4, -0.2) is 33.1 Å². The Morgan fingerprint density at radius 1 is 1.13 bits per heavy atom. The Hall–Kier alpha value is -3.94. The van der Waals surface area contributed by atoms with Crippen molar-refractivity contribution in [3.05, 3.63) is 77.9 Å². The van der Waals surface area contributed by atoms with Crippen LogP contribution >= 0.6 is 0 Å². The number of fused-ring (bicyclic) bond motifs is 1. The van der Waals surface area contributed by atoms with Gasteiger partial charge in [-0.3, -0.25) is 9.59 Å². The number of hydrogen-bond acceptors (Lipinski definition) is 4. The number of carbonyl (C=O) groups excluding carboxylic acids is 2.